The zero-order chi connectivity index (χ0) is 50.6. The van der Waals surface area contributed by atoms with Gasteiger partial charge in [0.05, 0.1) is 26.3 Å². The molecule has 2 saturated heterocycles. The number of halogens is 1. The van der Waals surface area contributed by atoms with E-state index in [0.29, 0.717) is 13.1 Å². The van der Waals surface area contributed by atoms with Gasteiger partial charge in [0, 0.05) is 138 Å². The minimum Gasteiger partial charge on any atom is -1.00 e. The van der Waals surface area contributed by atoms with Crippen molar-refractivity contribution in [1.29, 1.82) is 0 Å². The summed E-state index contributed by atoms with van der Waals surface area (Å²) in [4.78, 5) is 23.1. The van der Waals surface area contributed by atoms with Crippen molar-refractivity contribution in [2.45, 2.75) is 39.0 Å². The quantitative estimate of drug-likeness (QED) is 0.0225. The van der Waals surface area contributed by atoms with Gasteiger partial charge < -0.3 is 40.4 Å². The molecule has 0 amide bonds. The average Bonchev–Trinajstić information content (AvgIpc) is 3.87. The molecule has 2 aliphatic rings. The Labute approximate surface area is 530 Å². The fraction of sp³-hybridized carbons (Fsp3) is 0.421. The van der Waals surface area contributed by atoms with Crippen LogP contribution in [0, 0.1) is 24.7 Å². The zero-order valence-electron chi connectivity index (χ0n) is 45.3. The van der Waals surface area contributed by atoms with E-state index < -0.39 is 0 Å². The zero-order valence-corrected chi connectivity index (χ0v) is 52.1. The standard InChI is InChI=1S/C28H36N4O.C17H21BrN2O.C11H16N2.CH2O3.2K.H/c1-4-13-29(2)23-26-20-25-21-27(11-12-28(25)30(26)3)33-19-8-14-31-15-17-32(18-16-31)22-24-9-6-5-7-10-24;1-4-9-19(2)13-15-11-14-12-16(21-10-5-8-18)6-7-17(14)20(15)3;1-2-4-11(5-3-1)10-13-8-6-12-7-9-13;2-1-4-3;;;/h1,5-7,9-12,20-21H,8,13-19,22-23H2,2-3H3;1,6-7,11-12H,5,8-10,13H2,2-3H3;1-5,12H,6-10H2;1,3H;;;/q;;;;2*+1;-1/p-1. The number of carbonyl (C=O) groups excluding carboxylic acids is 1. The fourth-order valence-electron chi connectivity index (χ4n) is 8.68. The van der Waals surface area contributed by atoms with Crippen LogP contribution in [0.3, 0.4) is 0 Å². The molecular weight excluding hydrogens is 1030 g/mol. The van der Waals surface area contributed by atoms with Crippen molar-refractivity contribution >= 4 is 44.2 Å². The molecule has 2 aliphatic heterocycles. The SMILES string of the molecule is C#CCN(C)Cc1cc2cc(OCCCBr)ccc2n1C.C#CCN(C)Cc1cc2cc(OCCCN3CCN(Cc4ccccc4)CC3)ccc2n1C.O=CO[O-].[H-].[K+].[K+].c1ccc(CN2CCNCC2)cc1. The Hall–Kier alpha value is -2.38. The number of terminal acetylenes is 2. The second-order valence-corrected chi connectivity index (χ2v) is 18.8. The molecule has 0 bridgehead atoms. The summed E-state index contributed by atoms with van der Waals surface area (Å²) in [5, 5.41) is 15.2. The van der Waals surface area contributed by atoms with Crippen LogP contribution in [-0.2, 0) is 50.0 Å². The molecule has 0 radical (unpaired) electrons. The largest absolute Gasteiger partial charge is 1.00 e. The molecule has 4 heterocycles. The van der Waals surface area contributed by atoms with Gasteiger partial charge in [-0.05, 0) is 86.6 Å². The van der Waals surface area contributed by atoms with Gasteiger partial charge in [-0.25, -0.2) is 0 Å². The van der Waals surface area contributed by atoms with E-state index in [4.69, 9.17) is 32.4 Å². The first-order valence-corrected chi connectivity index (χ1v) is 25.7. The van der Waals surface area contributed by atoms with Crippen molar-refractivity contribution < 1.29 is 129 Å². The van der Waals surface area contributed by atoms with E-state index in [1.165, 1.54) is 57.4 Å². The number of carbonyl (C=O) groups is 1. The van der Waals surface area contributed by atoms with Gasteiger partial charge in [-0.3, -0.25) is 24.4 Å². The number of aromatic nitrogens is 2. The van der Waals surface area contributed by atoms with Crippen LogP contribution >= 0.6 is 15.9 Å². The van der Waals surface area contributed by atoms with Crippen LogP contribution in [0.2, 0.25) is 0 Å². The number of hydrogen-bond donors (Lipinski definition) is 1. The number of aryl methyl sites for hydroxylation is 2. The van der Waals surface area contributed by atoms with E-state index in [-0.39, 0.29) is 111 Å². The summed E-state index contributed by atoms with van der Waals surface area (Å²) in [5.41, 5.74) is 7.77. The number of rotatable bonds is 20. The molecule has 2 fully saturated rings. The average molecular weight is 1110 g/mol. The number of alkyl halides is 1. The monoisotopic (exact) mass is 1110 g/mol. The molecule has 4 aromatic carbocycles. The third-order valence-corrected chi connectivity index (χ3v) is 13.0. The van der Waals surface area contributed by atoms with Crippen LogP contribution in [-0.4, -0.2) is 145 Å². The van der Waals surface area contributed by atoms with E-state index in [1.54, 1.807) is 0 Å². The van der Waals surface area contributed by atoms with E-state index >= 15 is 0 Å². The fourth-order valence-corrected chi connectivity index (χ4v) is 8.90. The maximum atomic E-state index is 8.64. The number of benzene rings is 4. The molecule has 16 heteroatoms. The molecular formula is C57H75BrK2N8O5. The van der Waals surface area contributed by atoms with Crippen molar-refractivity contribution in [2.75, 3.05) is 105 Å². The van der Waals surface area contributed by atoms with Gasteiger partial charge in [0.25, 0.3) is 6.47 Å². The van der Waals surface area contributed by atoms with Gasteiger partial charge in [0.2, 0.25) is 0 Å². The number of piperazine rings is 2. The minimum atomic E-state index is -0.181. The predicted molar refractivity (Wildman–Crippen MR) is 291 cm³/mol. The maximum absolute atomic E-state index is 8.64. The Kier molecular flexibility index (Phi) is 33.3. The summed E-state index contributed by atoms with van der Waals surface area (Å²) >= 11 is 3.41. The summed E-state index contributed by atoms with van der Waals surface area (Å²) in [5.74, 6) is 7.25. The Morgan fingerprint density at radius 3 is 1.51 bits per heavy atom. The minimum absolute atomic E-state index is 0. The molecule has 2 aromatic heterocycles. The number of ether oxygens (including phenoxy) is 2. The Balaban J connectivity index is 0.000000391. The molecule has 13 nitrogen and oxygen atoms in total. The van der Waals surface area contributed by atoms with Crippen molar-refractivity contribution in [3.05, 3.63) is 132 Å². The third-order valence-electron chi connectivity index (χ3n) is 12.5. The van der Waals surface area contributed by atoms with Crippen LogP contribution in [0.1, 0.15) is 36.8 Å². The Morgan fingerprint density at radius 1 is 0.658 bits per heavy atom. The van der Waals surface area contributed by atoms with Gasteiger partial charge in [-0.2, -0.15) is 0 Å². The molecule has 6 aromatic rings. The number of fused-ring (bicyclic) bond motifs is 2. The van der Waals surface area contributed by atoms with Crippen molar-refractivity contribution in [1.82, 2.24) is 39.0 Å². The maximum Gasteiger partial charge on any atom is 1.00 e. The molecule has 0 spiro atoms. The van der Waals surface area contributed by atoms with Crippen LogP contribution < -0.4 is 123 Å². The number of hydrogen-bond acceptors (Lipinski definition) is 11. The summed E-state index contributed by atoms with van der Waals surface area (Å²) < 4.78 is 16.3. The smallest absolute Gasteiger partial charge is 1.00 e. The third kappa shape index (κ3) is 23.4. The van der Waals surface area contributed by atoms with Crippen LogP contribution in [0.4, 0.5) is 0 Å². The Morgan fingerprint density at radius 2 is 1.08 bits per heavy atom. The van der Waals surface area contributed by atoms with Gasteiger partial charge in [0.1, 0.15) is 11.5 Å². The number of nitrogens with zero attached hydrogens (tertiary/aromatic N) is 7. The predicted octanol–water partition coefficient (Wildman–Crippen LogP) is 0.884. The summed E-state index contributed by atoms with van der Waals surface area (Å²) in [6.07, 6.45) is 12.8. The first-order valence-electron chi connectivity index (χ1n) is 24.5. The van der Waals surface area contributed by atoms with Gasteiger partial charge in [-0.1, -0.05) is 88.4 Å². The van der Waals surface area contributed by atoms with Crippen molar-refractivity contribution in [3.8, 4) is 36.2 Å². The molecule has 0 saturated carbocycles. The summed E-state index contributed by atoms with van der Waals surface area (Å²) in [6, 6.07) is 38.5. The van der Waals surface area contributed by atoms with E-state index in [2.05, 4.69) is 196 Å². The van der Waals surface area contributed by atoms with E-state index in [0.717, 1.165) is 115 Å². The van der Waals surface area contributed by atoms with Gasteiger partial charge >= 0.3 is 103 Å². The molecule has 73 heavy (non-hydrogen) atoms. The van der Waals surface area contributed by atoms with Crippen LogP contribution in [0.5, 0.6) is 11.5 Å². The topological polar surface area (TPSA) is 106 Å². The Bertz CT molecular complexity index is 2550. The second-order valence-electron chi connectivity index (χ2n) is 18.0. The molecule has 0 aliphatic carbocycles. The molecule has 0 unspecified atom stereocenters. The van der Waals surface area contributed by atoms with E-state index in [9.17, 15) is 0 Å². The van der Waals surface area contributed by atoms with Gasteiger partial charge in [-0.15, -0.1) is 12.8 Å². The van der Waals surface area contributed by atoms with E-state index in [1.807, 2.05) is 13.1 Å². The summed E-state index contributed by atoms with van der Waals surface area (Å²) in [6.45, 7) is 16.7. The summed E-state index contributed by atoms with van der Waals surface area (Å²) in [7, 11) is 8.29. The van der Waals surface area contributed by atoms with Crippen LogP contribution in [0.25, 0.3) is 21.8 Å². The van der Waals surface area contributed by atoms with Crippen LogP contribution in [0.15, 0.2) is 109 Å². The normalized spacial score (nSPS) is 13.7. The van der Waals surface area contributed by atoms with Crippen molar-refractivity contribution in [2.24, 2.45) is 14.1 Å². The first-order chi connectivity index (χ1) is 34.6. The van der Waals surface area contributed by atoms with Crippen molar-refractivity contribution in [3.63, 3.8) is 0 Å². The second kappa shape index (κ2) is 37.4. The molecule has 1 N–H and O–H groups in total. The van der Waals surface area contributed by atoms with Gasteiger partial charge in [0.15, 0.2) is 0 Å². The first kappa shape index (κ1) is 64.9. The molecule has 8 rings (SSSR count). The molecule has 0 atom stereocenters. The number of nitrogens with one attached hydrogen (secondary N) is 1. The molecule has 382 valence electrons.